The van der Waals surface area contributed by atoms with Gasteiger partial charge in [0.25, 0.3) is 0 Å². The van der Waals surface area contributed by atoms with Crippen LogP contribution in [0, 0.1) is 6.92 Å². The Morgan fingerprint density at radius 3 is 2.58 bits per heavy atom. The quantitative estimate of drug-likeness (QED) is 0.885. The van der Waals surface area contributed by atoms with Crippen LogP contribution in [0.15, 0.2) is 24.3 Å². The summed E-state index contributed by atoms with van der Waals surface area (Å²) in [5.41, 5.74) is 1.87. The Labute approximate surface area is 113 Å². The molecule has 0 aliphatic carbocycles. The topological polar surface area (TPSA) is 66.5 Å². The third-order valence-corrected chi connectivity index (χ3v) is 4.98. The fourth-order valence-electron chi connectivity index (χ4n) is 2.01. The highest BCUT2D eigenvalue weighted by atomic mass is 32.2. The van der Waals surface area contributed by atoms with Crippen LogP contribution in [0.1, 0.15) is 17.5 Å². The molecule has 1 fully saturated rings. The highest BCUT2D eigenvalue weighted by Gasteiger charge is 2.24. The monoisotopic (exact) mass is 282 g/mol. The van der Waals surface area contributed by atoms with Gasteiger partial charge in [0.2, 0.25) is 15.9 Å². The number of amides is 1. The van der Waals surface area contributed by atoms with E-state index in [0.717, 1.165) is 11.1 Å². The van der Waals surface area contributed by atoms with Gasteiger partial charge in [0.15, 0.2) is 0 Å². The highest BCUT2D eigenvalue weighted by Crippen LogP contribution is 2.13. The summed E-state index contributed by atoms with van der Waals surface area (Å²) in [6.07, 6.45) is 0.229. The molecule has 0 unspecified atom stereocenters. The van der Waals surface area contributed by atoms with Crippen LogP contribution >= 0.6 is 0 Å². The lowest BCUT2D eigenvalue weighted by atomic mass is 10.2. The molecule has 104 valence electrons. The van der Waals surface area contributed by atoms with Crippen LogP contribution in [0.25, 0.3) is 0 Å². The normalized spacial score (nSPS) is 17.8. The minimum absolute atomic E-state index is 0.0124. The van der Waals surface area contributed by atoms with Crippen LogP contribution in [0.2, 0.25) is 0 Å². The van der Waals surface area contributed by atoms with Crippen molar-refractivity contribution in [3.63, 3.8) is 0 Å². The van der Waals surface area contributed by atoms with Crippen molar-refractivity contribution in [1.29, 1.82) is 0 Å². The molecule has 6 heteroatoms. The lowest BCUT2D eigenvalue weighted by Crippen LogP contribution is -2.35. The van der Waals surface area contributed by atoms with Gasteiger partial charge >= 0.3 is 0 Å². The third-order valence-electron chi connectivity index (χ3n) is 3.13. The molecule has 1 aliphatic heterocycles. The summed E-state index contributed by atoms with van der Waals surface area (Å²) in [6, 6.07) is 7.46. The van der Waals surface area contributed by atoms with Crippen molar-refractivity contribution in [2.45, 2.75) is 19.1 Å². The molecular formula is C13H18N2O3S. The summed E-state index contributed by atoms with van der Waals surface area (Å²) < 4.78 is 26.0. The molecule has 0 radical (unpaired) electrons. The molecule has 0 saturated carbocycles. The lowest BCUT2D eigenvalue weighted by Gasteiger charge is -2.19. The van der Waals surface area contributed by atoms with Gasteiger partial charge in [-0.3, -0.25) is 4.79 Å². The summed E-state index contributed by atoms with van der Waals surface area (Å²) >= 11 is 0. The van der Waals surface area contributed by atoms with Crippen molar-refractivity contribution >= 4 is 15.9 Å². The van der Waals surface area contributed by atoms with E-state index in [0.29, 0.717) is 13.1 Å². The van der Waals surface area contributed by atoms with Crippen LogP contribution < -0.4 is 5.32 Å². The van der Waals surface area contributed by atoms with Gasteiger partial charge in [-0.25, -0.2) is 8.42 Å². The summed E-state index contributed by atoms with van der Waals surface area (Å²) in [7, 11) is -3.35. The molecule has 0 bridgehead atoms. The maximum absolute atomic E-state index is 12.3. The van der Waals surface area contributed by atoms with E-state index in [4.69, 9.17) is 0 Å². The van der Waals surface area contributed by atoms with E-state index in [1.54, 1.807) is 0 Å². The molecule has 19 heavy (non-hydrogen) atoms. The van der Waals surface area contributed by atoms with Gasteiger partial charge in [-0.15, -0.1) is 0 Å². The molecular weight excluding hydrogens is 264 g/mol. The first-order valence-electron chi connectivity index (χ1n) is 6.27. The highest BCUT2D eigenvalue weighted by molar-refractivity contribution is 7.88. The second kappa shape index (κ2) is 5.71. The van der Waals surface area contributed by atoms with Crippen LogP contribution in [0.3, 0.4) is 0 Å². The summed E-state index contributed by atoms with van der Waals surface area (Å²) in [5.74, 6) is -0.102. The van der Waals surface area contributed by atoms with Crippen LogP contribution in [0.4, 0.5) is 0 Å². The van der Waals surface area contributed by atoms with Gasteiger partial charge in [0, 0.05) is 26.1 Å². The molecule has 5 nitrogen and oxygen atoms in total. The molecule has 1 N–H and O–H groups in total. The molecule has 2 rings (SSSR count). The van der Waals surface area contributed by atoms with Gasteiger partial charge < -0.3 is 5.32 Å². The zero-order chi connectivity index (χ0) is 13.9. The van der Waals surface area contributed by atoms with Gasteiger partial charge in [-0.2, -0.15) is 4.31 Å². The van der Waals surface area contributed by atoms with E-state index < -0.39 is 10.0 Å². The third kappa shape index (κ3) is 3.78. The van der Waals surface area contributed by atoms with Gasteiger partial charge in [-0.05, 0) is 12.5 Å². The molecule has 0 aromatic heterocycles. The first kappa shape index (κ1) is 14.0. The standard InChI is InChI=1S/C13H18N2O3S/c1-11-2-4-12(5-3-11)10-19(17,18)15-8-6-13(16)14-7-9-15/h2-5H,6-10H2,1H3,(H,14,16). The number of nitrogens with one attached hydrogen (secondary N) is 1. The number of carbonyl (C=O) groups excluding carboxylic acids is 1. The predicted octanol–water partition coefficient (Wildman–Crippen LogP) is 0.647. The molecule has 1 aliphatic rings. The number of carbonyl (C=O) groups is 1. The largest absolute Gasteiger partial charge is 0.355 e. The summed E-state index contributed by atoms with van der Waals surface area (Å²) in [6.45, 7) is 2.95. The maximum Gasteiger partial charge on any atom is 0.221 e. The van der Waals surface area contributed by atoms with Crippen molar-refractivity contribution in [1.82, 2.24) is 9.62 Å². The van der Waals surface area contributed by atoms with Crippen molar-refractivity contribution in [2.75, 3.05) is 19.6 Å². The fourth-order valence-corrected chi connectivity index (χ4v) is 3.55. The average Bonchev–Trinajstić information content (AvgIpc) is 2.57. The molecule has 1 aromatic carbocycles. The van der Waals surface area contributed by atoms with E-state index in [9.17, 15) is 13.2 Å². The van der Waals surface area contributed by atoms with E-state index in [1.807, 2.05) is 31.2 Å². The predicted molar refractivity (Wildman–Crippen MR) is 73.0 cm³/mol. The second-order valence-corrected chi connectivity index (χ2v) is 6.71. The van der Waals surface area contributed by atoms with E-state index in [-0.39, 0.29) is 24.6 Å². The number of benzene rings is 1. The molecule has 0 spiro atoms. The smallest absolute Gasteiger partial charge is 0.221 e. The van der Waals surface area contributed by atoms with Crippen molar-refractivity contribution in [2.24, 2.45) is 0 Å². The number of hydrogen-bond acceptors (Lipinski definition) is 3. The minimum atomic E-state index is -3.35. The Morgan fingerprint density at radius 1 is 1.21 bits per heavy atom. The van der Waals surface area contributed by atoms with Crippen LogP contribution in [0.5, 0.6) is 0 Å². The Morgan fingerprint density at radius 2 is 1.89 bits per heavy atom. The Hall–Kier alpha value is -1.40. The lowest BCUT2D eigenvalue weighted by molar-refractivity contribution is -0.120. The fraction of sp³-hybridized carbons (Fsp3) is 0.462. The molecule has 1 aromatic rings. The first-order chi connectivity index (χ1) is 8.97. The molecule has 0 atom stereocenters. The van der Waals surface area contributed by atoms with Crippen molar-refractivity contribution in [3.8, 4) is 0 Å². The number of nitrogens with zero attached hydrogens (tertiary/aromatic N) is 1. The molecule has 1 amide bonds. The van der Waals surface area contributed by atoms with Gasteiger partial charge in [0.05, 0.1) is 5.75 Å². The van der Waals surface area contributed by atoms with E-state index in [1.165, 1.54) is 4.31 Å². The number of rotatable bonds is 3. The maximum atomic E-state index is 12.3. The average molecular weight is 282 g/mol. The van der Waals surface area contributed by atoms with Crippen molar-refractivity contribution < 1.29 is 13.2 Å². The van der Waals surface area contributed by atoms with Crippen LogP contribution in [-0.2, 0) is 20.6 Å². The summed E-state index contributed by atoms with van der Waals surface area (Å²) in [5, 5.41) is 2.67. The van der Waals surface area contributed by atoms with Crippen molar-refractivity contribution in [3.05, 3.63) is 35.4 Å². The van der Waals surface area contributed by atoms with Crippen LogP contribution in [-0.4, -0.2) is 38.3 Å². The molecule has 1 heterocycles. The van der Waals surface area contributed by atoms with E-state index in [2.05, 4.69) is 5.32 Å². The number of hydrogen-bond donors (Lipinski definition) is 1. The minimum Gasteiger partial charge on any atom is -0.355 e. The molecule has 1 saturated heterocycles. The van der Waals surface area contributed by atoms with Gasteiger partial charge in [0.1, 0.15) is 0 Å². The Balaban J connectivity index is 2.09. The Bertz CT molecular complexity index is 552. The zero-order valence-corrected chi connectivity index (χ0v) is 11.7. The zero-order valence-electron chi connectivity index (χ0n) is 10.9. The van der Waals surface area contributed by atoms with E-state index >= 15 is 0 Å². The Kier molecular flexibility index (Phi) is 4.21. The SMILES string of the molecule is Cc1ccc(CS(=O)(=O)N2CCNC(=O)CC2)cc1. The summed E-state index contributed by atoms with van der Waals surface area (Å²) in [4.78, 5) is 11.2. The number of aryl methyl sites for hydroxylation is 1. The first-order valence-corrected chi connectivity index (χ1v) is 7.88. The number of sulfonamides is 1. The van der Waals surface area contributed by atoms with Gasteiger partial charge in [-0.1, -0.05) is 29.8 Å². The second-order valence-electron chi connectivity index (χ2n) is 4.74.